The molecule has 0 bridgehead atoms. The van der Waals surface area contributed by atoms with Crippen LogP contribution >= 0.6 is 12.2 Å². The lowest BCUT2D eigenvalue weighted by Crippen LogP contribution is -2.42. The highest BCUT2D eigenvalue weighted by Gasteiger charge is 2.31. The number of fused-ring (bicyclic) bond motifs is 1. The maximum Gasteiger partial charge on any atom is 0.328 e. The molecule has 0 saturated carbocycles. The Morgan fingerprint density at radius 1 is 1.44 bits per heavy atom. The Morgan fingerprint density at radius 3 is 2.67 bits per heavy atom. The highest BCUT2D eigenvalue weighted by atomic mass is 32.1. The number of hydrogen-bond acceptors (Lipinski definition) is 2. The molecule has 18 heavy (non-hydrogen) atoms. The summed E-state index contributed by atoms with van der Waals surface area (Å²) < 4.78 is 2.37. The first-order valence-corrected chi connectivity index (χ1v) is 6.85. The Bertz CT molecular complexity index is 614. The van der Waals surface area contributed by atoms with Crippen molar-refractivity contribution in [2.45, 2.75) is 51.5 Å². The van der Waals surface area contributed by atoms with Gasteiger partial charge in [0.15, 0.2) is 0 Å². The average molecular weight is 262 g/mol. The monoisotopic (exact) mass is 262 g/mol. The van der Waals surface area contributed by atoms with Crippen LogP contribution in [0.4, 0.5) is 0 Å². The van der Waals surface area contributed by atoms with Crippen LogP contribution in [0, 0.1) is 17.0 Å². The summed E-state index contributed by atoms with van der Waals surface area (Å²) in [4.78, 5) is 15.0. The lowest BCUT2D eigenvalue weighted by Gasteiger charge is -2.30. The lowest BCUT2D eigenvalue weighted by molar-refractivity contribution is 0.334. The standard InChI is InChI=1S/C14H18N2OS/c1-4-14(5-2,6-3)16-11-9-7-8-10(11)12(18)15-13(16)17/h1H,5-9H2,2-3H3,(H,15,17,18). The second-order valence-corrected chi connectivity index (χ2v) is 5.16. The number of hydrogen-bond donors (Lipinski definition) is 1. The van der Waals surface area contributed by atoms with E-state index in [-0.39, 0.29) is 5.69 Å². The van der Waals surface area contributed by atoms with Crippen molar-refractivity contribution in [2.75, 3.05) is 0 Å². The molecule has 4 heteroatoms. The van der Waals surface area contributed by atoms with Gasteiger partial charge in [-0.25, -0.2) is 4.79 Å². The van der Waals surface area contributed by atoms with E-state index in [9.17, 15) is 4.79 Å². The van der Waals surface area contributed by atoms with Crippen LogP contribution in [0.1, 0.15) is 44.4 Å². The van der Waals surface area contributed by atoms with Crippen LogP contribution in [0.3, 0.4) is 0 Å². The van der Waals surface area contributed by atoms with Gasteiger partial charge in [0.05, 0.1) is 0 Å². The molecule has 3 nitrogen and oxygen atoms in total. The quantitative estimate of drug-likeness (QED) is 0.671. The van der Waals surface area contributed by atoms with Crippen molar-refractivity contribution >= 4 is 12.2 Å². The van der Waals surface area contributed by atoms with Crippen LogP contribution < -0.4 is 5.69 Å². The Hall–Kier alpha value is -1.34. The van der Waals surface area contributed by atoms with Crippen molar-refractivity contribution < 1.29 is 0 Å². The smallest absolute Gasteiger partial charge is 0.298 e. The number of nitrogens with zero attached hydrogens (tertiary/aromatic N) is 1. The Morgan fingerprint density at radius 2 is 2.11 bits per heavy atom. The minimum Gasteiger partial charge on any atom is -0.298 e. The second-order valence-electron chi connectivity index (χ2n) is 4.76. The fourth-order valence-corrected chi connectivity index (χ4v) is 3.16. The zero-order valence-electron chi connectivity index (χ0n) is 10.9. The average Bonchev–Trinajstić information content (AvgIpc) is 2.84. The molecule has 0 saturated heterocycles. The molecule has 0 aromatic carbocycles. The van der Waals surface area contributed by atoms with Gasteiger partial charge in [-0.05, 0) is 32.1 Å². The summed E-state index contributed by atoms with van der Waals surface area (Å²) in [6, 6.07) is 0. The molecule has 0 unspecified atom stereocenters. The van der Waals surface area contributed by atoms with Gasteiger partial charge in [-0.15, -0.1) is 6.42 Å². The van der Waals surface area contributed by atoms with Gasteiger partial charge in [0.25, 0.3) is 0 Å². The van der Waals surface area contributed by atoms with E-state index in [1.165, 1.54) is 0 Å². The number of H-pyrrole nitrogens is 1. The minimum absolute atomic E-state index is 0.165. The van der Waals surface area contributed by atoms with Crippen LogP contribution in [0.15, 0.2) is 4.79 Å². The van der Waals surface area contributed by atoms with E-state index >= 15 is 0 Å². The Kier molecular flexibility index (Phi) is 3.45. The highest BCUT2D eigenvalue weighted by molar-refractivity contribution is 7.71. The maximum atomic E-state index is 12.3. The summed E-state index contributed by atoms with van der Waals surface area (Å²) in [7, 11) is 0. The Balaban J connectivity index is 2.81. The van der Waals surface area contributed by atoms with Crippen LogP contribution in [-0.4, -0.2) is 9.55 Å². The molecule has 2 rings (SSSR count). The number of aromatic amines is 1. The van der Waals surface area contributed by atoms with Crippen molar-refractivity contribution in [1.29, 1.82) is 0 Å². The second kappa shape index (κ2) is 4.74. The first-order chi connectivity index (χ1) is 8.59. The topological polar surface area (TPSA) is 37.8 Å². The summed E-state index contributed by atoms with van der Waals surface area (Å²) in [5.41, 5.74) is 1.46. The van der Waals surface area contributed by atoms with Gasteiger partial charge in [-0.3, -0.25) is 9.55 Å². The normalized spacial score (nSPS) is 14.3. The van der Waals surface area contributed by atoms with E-state index < -0.39 is 5.54 Å². The fraction of sp³-hybridized carbons (Fsp3) is 0.571. The largest absolute Gasteiger partial charge is 0.328 e. The zero-order valence-corrected chi connectivity index (χ0v) is 11.7. The summed E-state index contributed by atoms with van der Waals surface area (Å²) in [5, 5.41) is 0. The van der Waals surface area contributed by atoms with Crippen molar-refractivity contribution in [3.05, 3.63) is 26.4 Å². The lowest BCUT2D eigenvalue weighted by atomic mass is 9.92. The molecule has 0 aliphatic heterocycles. The van der Waals surface area contributed by atoms with Crippen LogP contribution in [0.2, 0.25) is 0 Å². The van der Waals surface area contributed by atoms with Gasteiger partial charge < -0.3 is 0 Å². The van der Waals surface area contributed by atoms with Gasteiger partial charge >= 0.3 is 5.69 Å². The number of aromatic nitrogens is 2. The SMILES string of the molecule is C#CC(CC)(CC)n1c2c(c(=S)[nH]c1=O)CCC2. The number of rotatable bonds is 3. The van der Waals surface area contributed by atoms with Gasteiger partial charge in [-0.2, -0.15) is 0 Å². The van der Waals surface area contributed by atoms with Crippen LogP contribution in [-0.2, 0) is 18.4 Å². The molecule has 1 aliphatic carbocycles. The molecule has 1 aromatic rings. The van der Waals surface area contributed by atoms with E-state index in [2.05, 4.69) is 10.9 Å². The molecule has 1 N–H and O–H groups in total. The highest BCUT2D eigenvalue weighted by Crippen LogP contribution is 2.29. The first kappa shape index (κ1) is 13.1. The number of nitrogens with one attached hydrogen (secondary N) is 1. The molecular weight excluding hydrogens is 244 g/mol. The zero-order chi connectivity index (χ0) is 13.3. The fourth-order valence-electron chi connectivity index (χ4n) is 2.86. The van der Waals surface area contributed by atoms with E-state index in [0.717, 1.165) is 43.4 Å². The molecular formula is C14H18N2OS. The Labute approximate surface area is 112 Å². The first-order valence-electron chi connectivity index (χ1n) is 6.45. The van der Waals surface area contributed by atoms with E-state index in [0.29, 0.717) is 4.64 Å². The summed E-state index contributed by atoms with van der Waals surface area (Å²) in [5.74, 6) is 2.83. The molecule has 1 aliphatic rings. The minimum atomic E-state index is -0.523. The molecule has 96 valence electrons. The molecule has 1 aromatic heterocycles. The molecule has 0 fully saturated rings. The van der Waals surface area contributed by atoms with Gasteiger partial charge in [0.1, 0.15) is 10.2 Å². The van der Waals surface area contributed by atoms with E-state index in [1.807, 2.05) is 13.8 Å². The maximum absolute atomic E-state index is 12.3. The van der Waals surface area contributed by atoms with Crippen molar-refractivity contribution in [2.24, 2.45) is 0 Å². The predicted molar refractivity (Wildman–Crippen MR) is 75.3 cm³/mol. The van der Waals surface area contributed by atoms with Gasteiger partial charge in [0, 0.05) is 11.3 Å². The van der Waals surface area contributed by atoms with Crippen molar-refractivity contribution in [3.8, 4) is 12.3 Å². The third kappa shape index (κ3) is 1.74. The third-order valence-corrected chi connectivity index (χ3v) is 4.37. The van der Waals surface area contributed by atoms with Gasteiger partial charge in [-0.1, -0.05) is 32.0 Å². The summed E-state index contributed by atoms with van der Waals surface area (Å²) in [6.45, 7) is 4.05. The molecule has 0 amide bonds. The molecule has 1 heterocycles. The van der Waals surface area contributed by atoms with Gasteiger partial charge in [0.2, 0.25) is 0 Å². The van der Waals surface area contributed by atoms with Crippen LogP contribution in [0.25, 0.3) is 0 Å². The summed E-state index contributed by atoms with van der Waals surface area (Å²) >= 11 is 5.24. The molecule has 0 atom stereocenters. The van der Waals surface area contributed by atoms with E-state index in [4.69, 9.17) is 18.6 Å². The summed E-state index contributed by atoms with van der Waals surface area (Å²) in [6.07, 6.45) is 10.1. The third-order valence-electron chi connectivity index (χ3n) is 4.02. The van der Waals surface area contributed by atoms with Crippen molar-refractivity contribution in [3.63, 3.8) is 0 Å². The molecule has 0 spiro atoms. The predicted octanol–water partition coefficient (Wildman–Crippen LogP) is 2.54. The molecule has 0 radical (unpaired) electrons. The van der Waals surface area contributed by atoms with Crippen LogP contribution in [0.5, 0.6) is 0 Å². The number of terminal acetylenes is 1. The van der Waals surface area contributed by atoms with Crippen molar-refractivity contribution in [1.82, 2.24) is 9.55 Å². The van der Waals surface area contributed by atoms with E-state index in [1.54, 1.807) is 4.57 Å².